The highest BCUT2D eigenvalue weighted by Crippen LogP contribution is 2.23. The third-order valence-electron chi connectivity index (χ3n) is 2.58. The van der Waals surface area contributed by atoms with Crippen LogP contribution >= 0.6 is 11.6 Å². The van der Waals surface area contributed by atoms with Gasteiger partial charge in [-0.1, -0.05) is 24.3 Å². The van der Waals surface area contributed by atoms with Gasteiger partial charge in [-0.05, 0) is 11.1 Å². The average Bonchev–Trinajstić information content (AvgIpc) is 2.65. The summed E-state index contributed by atoms with van der Waals surface area (Å²) in [5.74, 6) is 1.03. The Kier molecular flexibility index (Phi) is 2.73. The second kappa shape index (κ2) is 4.01. The van der Waals surface area contributed by atoms with Crippen LogP contribution in [0, 0.1) is 0 Å². The lowest BCUT2D eigenvalue weighted by atomic mass is 9.97. The molecule has 0 aliphatic carbocycles. The van der Waals surface area contributed by atoms with Crippen LogP contribution < -0.4 is 5.32 Å². The van der Waals surface area contributed by atoms with Crippen molar-refractivity contribution in [1.29, 1.82) is 0 Å². The van der Waals surface area contributed by atoms with Crippen molar-refractivity contribution in [2.75, 3.05) is 6.54 Å². The van der Waals surface area contributed by atoms with E-state index in [9.17, 15) is 4.79 Å². The molecule has 0 saturated carbocycles. The van der Waals surface area contributed by atoms with Gasteiger partial charge in [0, 0.05) is 24.8 Å². The highest BCUT2D eigenvalue weighted by molar-refractivity contribution is 6.17. The lowest BCUT2D eigenvalue weighted by Gasteiger charge is -2.07. The molecule has 0 spiro atoms. The Labute approximate surface area is 88.3 Å². The predicted molar refractivity (Wildman–Crippen MR) is 56.4 cm³/mol. The highest BCUT2D eigenvalue weighted by Gasteiger charge is 2.22. The standard InChI is InChI=1S/C11H12ClNO/c12-6-8-1-3-9(4-2-8)10-5-11(14)13-7-10/h1-4,10H,5-7H2,(H,13,14). The first kappa shape index (κ1) is 9.53. The molecule has 0 radical (unpaired) electrons. The van der Waals surface area contributed by atoms with Crippen molar-refractivity contribution in [3.8, 4) is 0 Å². The van der Waals surface area contributed by atoms with Crippen molar-refractivity contribution >= 4 is 17.5 Å². The van der Waals surface area contributed by atoms with Gasteiger partial charge in [0.25, 0.3) is 0 Å². The summed E-state index contributed by atoms with van der Waals surface area (Å²) in [6, 6.07) is 8.15. The second-order valence-electron chi connectivity index (χ2n) is 3.58. The first-order valence-corrected chi connectivity index (χ1v) is 5.24. The third-order valence-corrected chi connectivity index (χ3v) is 2.89. The Morgan fingerprint density at radius 1 is 1.36 bits per heavy atom. The number of halogens is 1. The molecule has 1 aliphatic rings. The first-order chi connectivity index (χ1) is 6.79. The van der Waals surface area contributed by atoms with Crippen LogP contribution in [0.2, 0.25) is 0 Å². The molecule has 2 nitrogen and oxygen atoms in total. The summed E-state index contributed by atoms with van der Waals surface area (Å²) in [5.41, 5.74) is 2.34. The Bertz CT molecular complexity index is 334. The van der Waals surface area contributed by atoms with Crippen molar-refractivity contribution < 1.29 is 4.79 Å². The molecule has 0 bridgehead atoms. The fraction of sp³-hybridized carbons (Fsp3) is 0.364. The van der Waals surface area contributed by atoms with Crippen LogP contribution in [-0.2, 0) is 10.7 Å². The Morgan fingerprint density at radius 3 is 2.57 bits per heavy atom. The quantitative estimate of drug-likeness (QED) is 0.742. The molecule has 1 aromatic rings. The van der Waals surface area contributed by atoms with Gasteiger partial charge in [0.1, 0.15) is 0 Å². The summed E-state index contributed by atoms with van der Waals surface area (Å²) < 4.78 is 0. The fourth-order valence-corrected chi connectivity index (χ4v) is 1.90. The minimum Gasteiger partial charge on any atom is -0.355 e. The van der Waals surface area contributed by atoms with E-state index in [1.807, 2.05) is 12.1 Å². The van der Waals surface area contributed by atoms with Crippen LogP contribution in [0.15, 0.2) is 24.3 Å². The van der Waals surface area contributed by atoms with Gasteiger partial charge in [0.05, 0.1) is 0 Å². The summed E-state index contributed by atoms with van der Waals surface area (Å²) in [6.07, 6.45) is 0.611. The van der Waals surface area contributed by atoms with E-state index in [0.717, 1.165) is 12.1 Å². The van der Waals surface area contributed by atoms with Crippen molar-refractivity contribution in [3.63, 3.8) is 0 Å². The summed E-state index contributed by atoms with van der Waals surface area (Å²) in [7, 11) is 0. The van der Waals surface area contributed by atoms with E-state index in [2.05, 4.69) is 17.4 Å². The first-order valence-electron chi connectivity index (χ1n) is 4.71. The zero-order valence-electron chi connectivity index (χ0n) is 7.79. The Balaban J connectivity index is 2.13. The number of benzene rings is 1. The van der Waals surface area contributed by atoms with Gasteiger partial charge in [-0.15, -0.1) is 11.6 Å². The van der Waals surface area contributed by atoms with Crippen molar-refractivity contribution in [3.05, 3.63) is 35.4 Å². The van der Waals surface area contributed by atoms with E-state index in [0.29, 0.717) is 18.2 Å². The van der Waals surface area contributed by atoms with E-state index in [4.69, 9.17) is 11.6 Å². The number of hydrogen-bond acceptors (Lipinski definition) is 1. The van der Waals surface area contributed by atoms with Crippen LogP contribution in [0.25, 0.3) is 0 Å². The highest BCUT2D eigenvalue weighted by atomic mass is 35.5. The smallest absolute Gasteiger partial charge is 0.220 e. The van der Waals surface area contributed by atoms with Gasteiger partial charge in [0.15, 0.2) is 0 Å². The van der Waals surface area contributed by atoms with Gasteiger partial charge in [-0.2, -0.15) is 0 Å². The van der Waals surface area contributed by atoms with Crippen molar-refractivity contribution in [2.24, 2.45) is 0 Å². The van der Waals surface area contributed by atoms with Gasteiger partial charge >= 0.3 is 0 Å². The number of amides is 1. The zero-order chi connectivity index (χ0) is 9.97. The molecule has 1 heterocycles. The summed E-state index contributed by atoms with van der Waals surface area (Å²) in [5, 5.41) is 2.83. The number of carbonyl (C=O) groups is 1. The molecule has 3 heteroatoms. The zero-order valence-corrected chi connectivity index (χ0v) is 8.55. The van der Waals surface area contributed by atoms with Gasteiger partial charge < -0.3 is 5.32 Å². The molecule has 2 rings (SSSR count). The van der Waals surface area contributed by atoms with Crippen molar-refractivity contribution in [1.82, 2.24) is 5.32 Å². The number of hydrogen-bond donors (Lipinski definition) is 1. The fourth-order valence-electron chi connectivity index (χ4n) is 1.72. The Morgan fingerprint density at radius 2 is 2.07 bits per heavy atom. The summed E-state index contributed by atoms with van der Waals surface area (Å²) >= 11 is 5.70. The largest absolute Gasteiger partial charge is 0.355 e. The lowest BCUT2D eigenvalue weighted by molar-refractivity contribution is -0.119. The summed E-state index contributed by atoms with van der Waals surface area (Å²) in [4.78, 5) is 11.0. The molecule has 1 fully saturated rings. The molecule has 14 heavy (non-hydrogen) atoms. The minimum absolute atomic E-state index is 0.149. The number of carbonyl (C=O) groups excluding carboxylic acids is 1. The minimum atomic E-state index is 0.149. The number of alkyl halides is 1. The topological polar surface area (TPSA) is 29.1 Å². The molecule has 0 aromatic heterocycles. The molecule has 1 saturated heterocycles. The molecule has 1 amide bonds. The molecular formula is C11H12ClNO. The van der Waals surface area contributed by atoms with E-state index in [-0.39, 0.29) is 5.91 Å². The molecule has 1 atom stereocenters. The van der Waals surface area contributed by atoms with Crippen LogP contribution in [0.5, 0.6) is 0 Å². The molecular weight excluding hydrogens is 198 g/mol. The Hall–Kier alpha value is -1.02. The maximum Gasteiger partial charge on any atom is 0.220 e. The van der Waals surface area contributed by atoms with E-state index < -0.39 is 0 Å². The van der Waals surface area contributed by atoms with E-state index >= 15 is 0 Å². The number of nitrogens with one attached hydrogen (secondary N) is 1. The molecule has 1 N–H and O–H groups in total. The second-order valence-corrected chi connectivity index (χ2v) is 3.85. The normalized spacial score (nSPS) is 20.9. The van der Waals surface area contributed by atoms with Crippen LogP contribution in [0.3, 0.4) is 0 Å². The van der Waals surface area contributed by atoms with Crippen LogP contribution in [-0.4, -0.2) is 12.5 Å². The van der Waals surface area contributed by atoms with Crippen LogP contribution in [0.4, 0.5) is 0 Å². The molecule has 74 valence electrons. The number of rotatable bonds is 2. The molecule has 1 aliphatic heterocycles. The van der Waals surface area contributed by atoms with E-state index in [1.165, 1.54) is 5.56 Å². The van der Waals surface area contributed by atoms with Crippen molar-refractivity contribution in [2.45, 2.75) is 18.2 Å². The molecule has 1 aromatic carbocycles. The maximum absolute atomic E-state index is 11.0. The van der Waals surface area contributed by atoms with Gasteiger partial charge in [-0.3, -0.25) is 4.79 Å². The average molecular weight is 210 g/mol. The molecule has 1 unspecified atom stereocenters. The maximum atomic E-state index is 11.0. The van der Waals surface area contributed by atoms with Crippen LogP contribution in [0.1, 0.15) is 23.5 Å². The predicted octanol–water partition coefficient (Wildman–Crippen LogP) is 2.03. The van der Waals surface area contributed by atoms with Gasteiger partial charge in [-0.25, -0.2) is 0 Å². The van der Waals surface area contributed by atoms with Gasteiger partial charge in [0.2, 0.25) is 5.91 Å². The van der Waals surface area contributed by atoms with E-state index in [1.54, 1.807) is 0 Å². The monoisotopic (exact) mass is 209 g/mol. The third kappa shape index (κ3) is 1.90. The lowest BCUT2D eigenvalue weighted by Crippen LogP contribution is -2.13. The summed E-state index contributed by atoms with van der Waals surface area (Å²) in [6.45, 7) is 0.763. The SMILES string of the molecule is O=C1CC(c2ccc(CCl)cc2)CN1.